The Morgan fingerprint density at radius 2 is 2.00 bits per heavy atom. The molecule has 1 amide bonds. The molecule has 1 aromatic carbocycles. The lowest BCUT2D eigenvalue weighted by molar-refractivity contribution is 0.0915. The lowest BCUT2D eigenvalue weighted by Crippen LogP contribution is -2.26. The van der Waals surface area contributed by atoms with E-state index in [9.17, 15) is 9.59 Å². The number of amides is 1. The number of hydrogen-bond donors (Lipinski definition) is 1. The highest BCUT2D eigenvalue weighted by molar-refractivity contribution is 7.17. The van der Waals surface area contributed by atoms with E-state index in [4.69, 9.17) is 11.6 Å². The summed E-state index contributed by atoms with van der Waals surface area (Å²) >= 11 is 7.52. The smallest absolute Gasteiger partial charge is 0.261 e. The van der Waals surface area contributed by atoms with Gasteiger partial charge in [0.1, 0.15) is 0 Å². The molecule has 0 spiro atoms. The monoisotopic (exact) mass is 442 g/mol. The summed E-state index contributed by atoms with van der Waals surface area (Å²) < 4.78 is 1.78. The zero-order chi connectivity index (χ0) is 21.6. The Morgan fingerprint density at radius 1 is 1.27 bits per heavy atom. The van der Waals surface area contributed by atoms with Gasteiger partial charge in [-0.3, -0.25) is 19.6 Å². The Labute approximate surface area is 184 Å². The second-order valence-electron chi connectivity index (χ2n) is 8.48. The third kappa shape index (κ3) is 3.91. The third-order valence-corrected chi connectivity index (χ3v) is 6.77. The Hall–Kier alpha value is -2.51. The summed E-state index contributed by atoms with van der Waals surface area (Å²) in [7, 11) is 0. The molecular weight excluding hydrogens is 420 g/mol. The van der Waals surface area contributed by atoms with Crippen LogP contribution in [0.3, 0.4) is 0 Å². The number of fused-ring (bicyclic) bond motifs is 1. The van der Waals surface area contributed by atoms with Crippen molar-refractivity contribution in [3.8, 4) is 0 Å². The molecule has 0 unspecified atom stereocenters. The van der Waals surface area contributed by atoms with Gasteiger partial charge in [0.05, 0.1) is 28.4 Å². The van der Waals surface area contributed by atoms with Gasteiger partial charge < -0.3 is 0 Å². The van der Waals surface area contributed by atoms with Crippen LogP contribution in [0.2, 0.25) is 5.02 Å². The van der Waals surface area contributed by atoms with E-state index in [0.29, 0.717) is 39.3 Å². The first-order valence-corrected chi connectivity index (χ1v) is 11.0. The van der Waals surface area contributed by atoms with Gasteiger partial charge in [0.2, 0.25) is 0 Å². The summed E-state index contributed by atoms with van der Waals surface area (Å²) in [6.45, 7) is 8.28. The maximum atomic E-state index is 13.0. The van der Waals surface area contributed by atoms with E-state index in [-0.39, 0.29) is 17.1 Å². The molecule has 0 bridgehead atoms. The molecule has 0 saturated carbocycles. The van der Waals surface area contributed by atoms with Gasteiger partial charge in [-0.25, -0.2) is 4.98 Å². The molecule has 0 atom stereocenters. The molecule has 2 heterocycles. The van der Waals surface area contributed by atoms with Crippen molar-refractivity contribution in [2.45, 2.75) is 47.1 Å². The van der Waals surface area contributed by atoms with Crippen LogP contribution in [-0.4, -0.2) is 26.5 Å². The molecule has 1 aliphatic rings. The highest BCUT2D eigenvalue weighted by Crippen LogP contribution is 2.38. The van der Waals surface area contributed by atoms with Crippen LogP contribution in [-0.2, 0) is 13.0 Å². The van der Waals surface area contributed by atoms with Gasteiger partial charge in [-0.05, 0) is 37.3 Å². The molecule has 3 aromatic rings. The number of anilines is 1. The van der Waals surface area contributed by atoms with E-state index in [1.807, 2.05) is 38.1 Å². The Kier molecular flexibility index (Phi) is 5.28. The van der Waals surface area contributed by atoms with Gasteiger partial charge in [0, 0.05) is 17.1 Å². The Bertz CT molecular complexity index is 1160. The van der Waals surface area contributed by atoms with Gasteiger partial charge in [-0.15, -0.1) is 0 Å². The van der Waals surface area contributed by atoms with Crippen molar-refractivity contribution in [2.24, 2.45) is 5.41 Å². The largest absolute Gasteiger partial charge is 0.298 e. The molecule has 8 heteroatoms. The highest BCUT2D eigenvalue weighted by atomic mass is 35.5. The summed E-state index contributed by atoms with van der Waals surface area (Å²) in [6.07, 6.45) is 1.23. The lowest BCUT2D eigenvalue weighted by Gasteiger charge is -2.26. The van der Waals surface area contributed by atoms with Crippen LogP contribution in [0.4, 0.5) is 5.13 Å². The van der Waals surface area contributed by atoms with Gasteiger partial charge in [0.25, 0.3) is 5.91 Å². The zero-order valence-corrected chi connectivity index (χ0v) is 18.9. The zero-order valence-electron chi connectivity index (χ0n) is 17.4. The standard InChI is InChI=1S/C22H23ClN4O2S/c1-12-18(13(2)27(26-12)11-14-7-5-6-8-15(14)23)20(29)25-21-24-16-9-22(3,4)10-17(28)19(16)30-21/h5-8H,9-11H2,1-4H3,(H,24,25,29). The maximum absolute atomic E-state index is 13.0. The summed E-state index contributed by atoms with van der Waals surface area (Å²) in [5, 5.41) is 8.52. The van der Waals surface area contributed by atoms with Gasteiger partial charge in [-0.1, -0.05) is 55.0 Å². The van der Waals surface area contributed by atoms with Crippen molar-refractivity contribution in [3.63, 3.8) is 0 Å². The molecule has 156 valence electrons. The second kappa shape index (κ2) is 7.63. The predicted molar refractivity (Wildman–Crippen MR) is 119 cm³/mol. The SMILES string of the molecule is Cc1nn(Cc2ccccc2Cl)c(C)c1C(=O)Nc1nc2c(s1)C(=O)CC(C)(C)C2. The fraction of sp³-hybridized carbons (Fsp3) is 0.364. The van der Waals surface area contributed by atoms with E-state index < -0.39 is 0 Å². The third-order valence-electron chi connectivity index (χ3n) is 5.34. The quantitative estimate of drug-likeness (QED) is 0.612. The van der Waals surface area contributed by atoms with Crippen LogP contribution in [0.25, 0.3) is 0 Å². The molecular formula is C22H23ClN4O2S. The van der Waals surface area contributed by atoms with Crippen molar-refractivity contribution in [2.75, 3.05) is 5.32 Å². The molecule has 0 saturated heterocycles. The van der Waals surface area contributed by atoms with Crippen molar-refractivity contribution >= 4 is 39.8 Å². The van der Waals surface area contributed by atoms with Crippen LogP contribution in [0, 0.1) is 19.3 Å². The molecule has 1 aliphatic carbocycles. The molecule has 1 N–H and O–H groups in total. The van der Waals surface area contributed by atoms with Gasteiger partial charge >= 0.3 is 0 Å². The number of rotatable bonds is 4. The molecule has 4 rings (SSSR count). The first kappa shape index (κ1) is 20.8. The van der Waals surface area contributed by atoms with Crippen molar-refractivity contribution in [1.82, 2.24) is 14.8 Å². The minimum atomic E-state index is -0.270. The summed E-state index contributed by atoms with van der Waals surface area (Å²) in [6, 6.07) is 7.58. The van der Waals surface area contributed by atoms with Crippen LogP contribution in [0.15, 0.2) is 24.3 Å². The average Bonchev–Trinajstić information content (AvgIpc) is 3.16. The number of nitrogens with zero attached hydrogens (tertiary/aromatic N) is 3. The van der Waals surface area contributed by atoms with Crippen molar-refractivity contribution < 1.29 is 9.59 Å². The normalized spacial score (nSPS) is 15.2. The number of carbonyl (C=O) groups is 2. The number of Topliss-reactive ketones (excluding diaryl/α,β-unsaturated/α-hetero) is 1. The molecule has 30 heavy (non-hydrogen) atoms. The second-order valence-corrected chi connectivity index (χ2v) is 9.89. The average molecular weight is 443 g/mol. The summed E-state index contributed by atoms with van der Waals surface area (Å²) in [5.74, 6) is -0.174. The number of benzene rings is 1. The number of thiazole rings is 1. The number of ketones is 1. The van der Waals surface area contributed by atoms with E-state index in [1.165, 1.54) is 11.3 Å². The van der Waals surface area contributed by atoms with E-state index in [2.05, 4.69) is 29.2 Å². The van der Waals surface area contributed by atoms with Crippen LogP contribution < -0.4 is 5.32 Å². The Morgan fingerprint density at radius 3 is 2.73 bits per heavy atom. The number of aryl methyl sites for hydroxylation is 1. The fourth-order valence-corrected chi connectivity index (χ4v) is 5.01. The number of aromatic nitrogens is 3. The predicted octanol–water partition coefficient (Wildman–Crippen LogP) is 5.07. The Balaban J connectivity index is 1.57. The van der Waals surface area contributed by atoms with Gasteiger partial charge in [0.15, 0.2) is 10.9 Å². The van der Waals surface area contributed by atoms with Gasteiger partial charge in [-0.2, -0.15) is 5.10 Å². The number of halogens is 1. The molecule has 2 aromatic heterocycles. The summed E-state index contributed by atoms with van der Waals surface area (Å²) in [5.41, 5.74) is 3.51. The topological polar surface area (TPSA) is 76.9 Å². The number of nitrogens with one attached hydrogen (secondary N) is 1. The summed E-state index contributed by atoms with van der Waals surface area (Å²) in [4.78, 5) is 30.6. The number of hydrogen-bond acceptors (Lipinski definition) is 5. The van der Waals surface area contributed by atoms with Crippen LogP contribution >= 0.6 is 22.9 Å². The first-order valence-electron chi connectivity index (χ1n) is 9.76. The van der Waals surface area contributed by atoms with Crippen molar-refractivity contribution in [1.29, 1.82) is 0 Å². The molecule has 0 aliphatic heterocycles. The minimum Gasteiger partial charge on any atom is -0.298 e. The maximum Gasteiger partial charge on any atom is 0.261 e. The fourth-order valence-electron chi connectivity index (χ4n) is 3.90. The van der Waals surface area contributed by atoms with E-state index in [1.54, 1.807) is 4.68 Å². The highest BCUT2D eigenvalue weighted by Gasteiger charge is 2.34. The van der Waals surface area contributed by atoms with Crippen LogP contribution in [0.1, 0.15) is 62.9 Å². The first-order chi connectivity index (χ1) is 14.1. The minimum absolute atomic E-state index is 0.0965. The van der Waals surface area contributed by atoms with E-state index >= 15 is 0 Å². The molecule has 6 nitrogen and oxygen atoms in total. The molecule has 0 radical (unpaired) electrons. The van der Waals surface area contributed by atoms with Crippen molar-refractivity contribution in [3.05, 3.63) is 62.4 Å². The van der Waals surface area contributed by atoms with Crippen LogP contribution in [0.5, 0.6) is 0 Å². The van der Waals surface area contributed by atoms with E-state index in [0.717, 1.165) is 23.4 Å². The molecule has 0 fully saturated rings. The number of carbonyl (C=O) groups excluding carboxylic acids is 2. The lowest BCUT2D eigenvalue weighted by atomic mass is 9.78.